The van der Waals surface area contributed by atoms with Crippen LogP contribution in [-0.4, -0.2) is 22.1 Å². The molecule has 2 heterocycles. The Balaban J connectivity index is 2.10. The Bertz CT molecular complexity index is 522. The highest BCUT2D eigenvalue weighted by Gasteiger charge is 2.19. The molecule has 0 aliphatic rings. The average molecular weight is 267 g/mol. The van der Waals surface area contributed by atoms with Gasteiger partial charge in [0.25, 0.3) is 0 Å². The number of aromatic nitrogens is 2. The molecular weight excluding hydrogens is 254 g/mol. The van der Waals surface area contributed by atoms with Crippen LogP contribution in [-0.2, 0) is 11.3 Å². The van der Waals surface area contributed by atoms with Crippen molar-refractivity contribution < 1.29 is 14.1 Å². The van der Waals surface area contributed by atoms with Crippen LogP contribution in [0.4, 0.5) is 5.00 Å². The van der Waals surface area contributed by atoms with E-state index >= 15 is 0 Å². The van der Waals surface area contributed by atoms with Gasteiger partial charge in [-0.25, -0.2) is 4.79 Å². The van der Waals surface area contributed by atoms with Crippen LogP contribution in [0.5, 0.6) is 0 Å². The lowest BCUT2D eigenvalue weighted by Crippen LogP contribution is -2.09. The van der Waals surface area contributed by atoms with Crippen molar-refractivity contribution in [2.24, 2.45) is 0 Å². The summed E-state index contributed by atoms with van der Waals surface area (Å²) in [6.45, 7) is 4.38. The molecule has 0 aromatic carbocycles. The van der Waals surface area contributed by atoms with Crippen molar-refractivity contribution in [3.8, 4) is 0 Å². The van der Waals surface area contributed by atoms with Gasteiger partial charge < -0.3 is 14.6 Å². The standard InChI is InChI=1S/C11H13N3O3S/c1-3-16-11(15)9-7(2)14-18-10(9)12-6-8-4-5-17-13-8/h4-5,12H,3,6H2,1-2H3. The van der Waals surface area contributed by atoms with E-state index in [0.29, 0.717) is 29.4 Å². The van der Waals surface area contributed by atoms with Crippen molar-refractivity contribution in [3.63, 3.8) is 0 Å². The van der Waals surface area contributed by atoms with Gasteiger partial charge in [-0.1, -0.05) is 5.16 Å². The second-order valence-corrected chi connectivity index (χ2v) is 4.31. The molecule has 0 bridgehead atoms. The lowest BCUT2D eigenvalue weighted by molar-refractivity contribution is 0.0527. The molecule has 6 nitrogen and oxygen atoms in total. The Morgan fingerprint density at radius 2 is 2.44 bits per heavy atom. The first-order valence-electron chi connectivity index (χ1n) is 5.49. The van der Waals surface area contributed by atoms with Crippen LogP contribution in [0.3, 0.4) is 0 Å². The van der Waals surface area contributed by atoms with Crippen LogP contribution in [0.1, 0.15) is 28.7 Å². The third-order valence-electron chi connectivity index (χ3n) is 2.26. The second-order valence-electron chi connectivity index (χ2n) is 3.54. The summed E-state index contributed by atoms with van der Waals surface area (Å²) in [7, 11) is 0. The molecule has 0 atom stereocenters. The SMILES string of the molecule is CCOC(=O)c1c(C)nsc1NCc1ccon1. The number of nitrogens with zero attached hydrogens (tertiary/aromatic N) is 2. The first-order chi connectivity index (χ1) is 8.72. The van der Waals surface area contributed by atoms with Gasteiger partial charge in [-0.3, -0.25) is 0 Å². The summed E-state index contributed by atoms with van der Waals surface area (Å²) >= 11 is 1.23. The molecule has 0 amide bonds. The molecule has 7 heteroatoms. The van der Waals surface area contributed by atoms with E-state index in [2.05, 4.69) is 14.8 Å². The summed E-state index contributed by atoms with van der Waals surface area (Å²) in [5.41, 5.74) is 1.92. The molecule has 0 spiro atoms. The topological polar surface area (TPSA) is 77.2 Å². The maximum Gasteiger partial charge on any atom is 0.343 e. The number of anilines is 1. The number of ether oxygens (including phenoxy) is 1. The minimum atomic E-state index is -0.355. The number of aryl methyl sites for hydroxylation is 1. The predicted octanol–water partition coefficient (Wildman–Crippen LogP) is 2.23. The highest BCUT2D eigenvalue weighted by Crippen LogP contribution is 2.25. The maximum absolute atomic E-state index is 11.8. The summed E-state index contributed by atoms with van der Waals surface area (Å²) < 4.78 is 13.9. The van der Waals surface area contributed by atoms with Crippen molar-refractivity contribution in [3.05, 3.63) is 29.3 Å². The highest BCUT2D eigenvalue weighted by molar-refractivity contribution is 7.10. The van der Waals surface area contributed by atoms with Crippen molar-refractivity contribution in [1.29, 1.82) is 0 Å². The van der Waals surface area contributed by atoms with Gasteiger partial charge in [-0.15, -0.1) is 0 Å². The van der Waals surface area contributed by atoms with E-state index in [4.69, 9.17) is 9.26 Å². The van der Waals surface area contributed by atoms with Gasteiger partial charge in [0.2, 0.25) is 0 Å². The summed E-state index contributed by atoms with van der Waals surface area (Å²) in [6.07, 6.45) is 1.50. The quantitative estimate of drug-likeness (QED) is 0.837. The smallest absolute Gasteiger partial charge is 0.343 e. The highest BCUT2D eigenvalue weighted by atomic mass is 32.1. The number of esters is 1. The first kappa shape index (κ1) is 12.6. The zero-order valence-electron chi connectivity index (χ0n) is 10.1. The van der Waals surface area contributed by atoms with E-state index in [1.807, 2.05) is 0 Å². The molecule has 2 aromatic rings. The van der Waals surface area contributed by atoms with Crippen molar-refractivity contribution >= 4 is 22.5 Å². The van der Waals surface area contributed by atoms with Crippen LogP contribution in [0.25, 0.3) is 0 Å². The van der Waals surface area contributed by atoms with Crippen LogP contribution in [0.2, 0.25) is 0 Å². The van der Waals surface area contributed by atoms with Gasteiger partial charge >= 0.3 is 5.97 Å². The van der Waals surface area contributed by atoms with E-state index < -0.39 is 0 Å². The lowest BCUT2D eigenvalue weighted by atomic mass is 10.2. The van der Waals surface area contributed by atoms with E-state index in [1.54, 1.807) is 19.9 Å². The largest absolute Gasteiger partial charge is 0.462 e. The van der Waals surface area contributed by atoms with Gasteiger partial charge in [0.1, 0.15) is 22.5 Å². The van der Waals surface area contributed by atoms with Crippen molar-refractivity contribution in [2.45, 2.75) is 20.4 Å². The van der Waals surface area contributed by atoms with Gasteiger partial charge in [0.15, 0.2) is 0 Å². The predicted molar refractivity (Wildman–Crippen MR) is 66.6 cm³/mol. The Kier molecular flexibility index (Phi) is 3.93. The molecule has 96 valence electrons. The van der Waals surface area contributed by atoms with Crippen LogP contribution in [0, 0.1) is 6.92 Å². The van der Waals surface area contributed by atoms with E-state index in [1.165, 1.54) is 17.8 Å². The third kappa shape index (κ3) is 2.67. The minimum absolute atomic E-state index is 0.344. The van der Waals surface area contributed by atoms with Crippen LogP contribution < -0.4 is 5.32 Å². The van der Waals surface area contributed by atoms with E-state index in [9.17, 15) is 4.79 Å². The molecule has 0 aliphatic carbocycles. The molecule has 0 unspecified atom stereocenters. The van der Waals surface area contributed by atoms with Gasteiger partial charge in [0.05, 0.1) is 18.8 Å². The monoisotopic (exact) mass is 267 g/mol. The fourth-order valence-corrected chi connectivity index (χ4v) is 2.21. The zero-order chi connectivity index (χ0) is 13.0. The molecule has 2 aromatic heterocycles. The summed E-state index contributed by atoms with van der Waals surface area (Å²) in [4.78, 5) is 11.8. The molecule has 18 heavy (non-hydrogen) atoms. The Morgan fingerprint density at radius 1 is 1.61 bits per heavy atom. The normalized spacial score (nSPS) is 10.3. The van der Waals surface area contributed by atoms with E-state index in [-0.39, 0.29) is 5.97 Å². The third-order valence-corrected chi connectivity index (χ3v) is 3.16. The fourth-order valence-electron chi connectivity index (χ4n) is 1.43. The Morgan fingerprint density at radius 3 is 3.11 bits per heavy atom. The summed E-state index contributed by atoms with van der Waals surface area (Å²) in [6, 6.07) is 1.75. The van der Waals surface area contributed by atoms with Gasteiger partial charge in [-0.2, -0.15) is 4.37 Å². The molecular formula is C11H13N3O3S. The van der Waals surface area contributed by atoms with Crippen LogP contribution in [0.15, 0.2) is 16.9 Å². The number of nitrogens with one attached hydrogen (secondary N) is 1. The van der Waals surface area contributed by atoms with Crippen molar-refractivity contribution in [2.75, 3.05) is 11.9 Å². The minimum Gasteiger partial charge on any atom is -0.462 e. The molecule has 0 fully saturated rings. The first-order valence-corrected chi connectivity index (χ1v) is 6.26. The number of rotatable bonds is 5. The average Bonchev–Trinajstić information content (AvgIpc) is 2.96. The number of carbonyl (C=O) groups is 1. The second kappa shape index (κ2) is 5.63. The number of carbonyl (C=O) groups excluding carboxylic acids is 1. The number of hydrogen-bond acceptors (Lipinski definition) is 7. The zero-order valence-corrected chi connectivity index (χ0v) is 10.9. The van der Waals surface area contributed by atoms with E-state index in [0.717, 1.165) is 5.69 Å². The summed E-state index contributed by atoms with van der Waals surface area (Å²) in [5, 5.41) is 7.58. The molecule has 1 N–H and O–H groups in total. The van der Waals surface area contributed by atoms with Crippen LogP contribution >= 0.6 is 11.5 Å². The maximum atomic E-state index is 11.8. The number of hydrogen-bond donors (Lipinski definition) is 1. The van der Waals surface area contributed by atoms with Crippen molar-refractivity contribution in [1.82, 2.24) is 9.53 Å². The molecule has 0 radical (unpaired) electrons. The Hall–Kier alpha value is -1.89. The molecule has 0 aliphatic heterocycles. The van der Waals surface area contributed by atoms with Gasteiger partial charge in [-0.05, 0) is 25.4 Å². The molecule has 0 saturated carbocycles. The summed E-state index contributed by atoms with van der Waals surface area (Å²) in [5.74, 6) is -0.355. The van der Waals surface area contributed by atoms with Gasteiger partial charge in [0, 0.05) is 6.07 Å². The lowest BCUT2D eigenvalue weighted by Gasteiger charge is -2.05. The fraction of sp³-hybridized carbons (Fsp3) is 0.364. The molecule has 0 saturated heterocycles. The molecule has 2 rings (SSSR count). The Labute approximate surface area is 108 Å².